The van der Waals surface area contributed by atoms with Gasteiger partial charge in [0.1, 0.15) is 10.9 Å². The predicted octanol–water partition coefficient (Wildman–Crippen LogP) is 4.64. The van der Waals surface area contributed by atoms with E-state index in [4.69, 9.17) is 23.2 Å². The fraction of sp³-hybridized carbons (Fsp3) is 0.423. The molecule has 1 aliphatic heterocycles. The Morgan fingerprint density at radius 2 is 1.68 bits per heavy atom. The fourth-order valence-corrected chi connectivity index (χ4v) is 6.31. The van der Waals surface area contributed by atoms with Gasteiger partial charge in [-0.15, -0.1) is 0 Å². The summed E-state index contributed by atoms with van der Waals surface area (Å²) < 4.78 is 26.4. The van der Waals surface area contributed by atoms with E-state index >= 15 is 0 Å². The second-order valence-corrected chi connectivity index (χ2v) is 11.6. The number of amides is 3. The first-order valence-electron chi connectivity index (χ1n) is 12.2. The number of nitrogens with one attached hydrogen (secondary N) is 1. The van der Waals surface area contributed by atoms with Crippen LogP contribution in [0.2, 0.25) is 10.0 Å². The van der Waals surface area contributed by atoms with Crippen LogP contribution in [0.1, 0.15) is 62.4 Å². The highest BCUT2D eigenvalue weighted by Crippen LogP contribution is 2.31. The molecule has 2 aromatic carbocycles. The number of carbonyl (C=O) groups is 3. The molecule has 2 aromatic rings. The maximum absolute atomic E-state index is 13.5. The standard InChI is InChI=1S/C26H31Cl2N3O5S/c1-4-17(3)29-25(33)22(5-2)30(16-19-20(27)11-8-12-21(19)28)24(32)14-9-15-31-26(34)18-10-6-7-13-23(18)37(31,35)36/h6-8,10-13,17,22H,4-5,9,14-16H2,1-3H3,(H,29,33)/t17-,22-/m1/s1. The van der Waals surface area contributed by atoms with Crippen LogP contribution in [0.25, 0.3) is 0 Å². The minimum Gasteiger partial charge on any atom is -0.352 e. The molecule has 37 heavy (non-hydrogen) atoms. The molecule has 0 bridgehead atoms. The average molecular weight is 569 g/mol. The zero-order valence-corrected chi connectivity index (χ0v) is 23.4. The minimum atomic E-state index is -3.96. The highest BCUT2D eigenvalue weighted by molar-refractivity contribution is 7.90. The number of halogens is 2. The zero-order valence-electron chi connectivity index (χ0n) is 21.0. The second kappa shape index (κ2) is 12.3. The van der Waals surface area contributed by atoms with Crippen molar-refractivity contribution in [1.29, 1.82) is 0 Å². The maximum Gasteiger partial charge on any atom is 0.269 e. The summed E-state index contributed by atoms with van der Waals surface area (Å²) in [6.07, 6.45) is 1.09. The Balaban J connectivity index is 1.79. The Bertz CT molecular complexity index is 1260. The molecule has 0 saturated heterocycles. The van der Waals surface area contributed by atoms with Crippen molar-refractivity contribution in [1.82, 2.24) is 14.5 Å². The van der Waals surface area contributed by atoms with E-state index in [1.54, 1.807) is 30.3 Å². The van der Waals surface area contributed by atoms with Gasteiger partial charge >= 0.3 is 0 Å². The number of hydrogen-bond donors (Lipinski definition) is 1. The van der Waals surface area contributed by atoms with Gasteiger partial charge in [-0.2, -0.15) is 0 Å². The first kappa shape index (κ1) is 28.9. The van der Waals surface area contributed by atoms with Crippen LogP contribution in [0.4, 0.5) is 0 Å². The summed E-state index contributed by atoms with van der Waals surface area (Å²) in [7, 11) is -3.96. The van der Waals surface area contributed by atoms with E-state index in [1.807, 2.05) is 20.8 Å². The van der Waals surface area contributed by atoms with Gasteiger partial charge in [-0.25, -0.2) is 12.7 Å². The maximum atomic E-state index is 13.5. The van der Waals surface area contributed by atoms with Crippen LogP contribution in [-0.4, -0.2) is 54.0 Å². The van der Waals surface area contributed by atoms with E-state index in [0.717, 1.165) is 10.7 Å². The van der Waals surface area contributed by atoms with E-state index in [2.05, 4.69) is 5.32 Å². The van der Waals surface area contributed by atoms with Crippen molar-refractivity contribution in [2.75, 3.05) is 6.54 Å². The monoisotopic (exact) mass is 567 g/mol. The van der Waals surface area contributed by atoms with Gasteiger partial charge in [-0.1, -0.05) is 55.2 Å². The SMILES string of the molecule is CC[C@@H](C)NC(=O)[C@@H](CC)N(Cc1c(Cl)cccc1Cl)C(=O)CCCN1C(=O)c2ccccc2S1(=O)=O. The lowest BCUT2D eigenvalue weighted by atomic mass is 10.1. The van der Waals surface area contributed by atoms with Crippen LogP contribution in [0, 0.1) is 0 Å². The molecular formula is C26H31Cl2N3O5S. The molecule has 0 aliphatic carbocycles. The number of hydrogen-bond acceptors (Lipinski definition) is 5. The van der Waals surface area contributed by atoms with Crippen LogP contribution in [0.15, 0.2) is 47.4 Å². The van der Waals surface area contributed by atoms with Gasteiger partial charge in [0, 0.05) is 41.2 Å². The highest BCUT2D eigenvalue weighted by atomic mass is 35.5. The van der Waals surface area contributed by atoms with Crippen molar-refractivity contribution in [3.63, 3.8) is 0 Å². The van der Waals surface area contributed by atoms with Crippen LogP contribution in [0.5, 0.6) is 0 Å². The van der Waals surface area contributed by atoms with Gasteiger partial charge in [-0.3, -0.25) is 14.4 Å². The topological polar surface area (TPSA) is 104 Å². The van der Waals surface area contributed by atoms with E-state index in [1.165, 1.54) is 17.0 Å². The van der Waals surface area contributed by atoms with E-state index in [-0.39, 0.29) is 54.2 Å². The second-order valence-electron chi connectivity index (χ2n) is 8.95. The summed E-state index contributed by atoms with van der Waals surface area (Å²) in [6, 6.07) is 10.2. The molecule has 3 amide bonds. The normalized spacial score (nSPS) is 15.7. The van der Waals surface area contributed by atoms with Crippen molar-refractivity contribution in [2.24, 2.45) is 0 Å². The van der Waals surface area contributed by atoms with Crippen molar-refractivity contribution < 1.29 is 22.8 Å². The number of benzene rings is 2. The summed E-state index contributed by atoms with van der Waals surface area (Å²) >= 11 is 12.7. The predicted molar refractivity (Wildman–Crippen MR) is 143 cm³/mol. The first-order valence-corrected chi connectivity index (χ1v) is 14.4. The molecule has 0 spiro atoms. The first-order chi connectivity index (χ1) is 17.5. The molecule has 1 N–H and O–H groups in total. The lowest BCUT2D eigenvalue weighted by Crippen LogP contribution is -2.50. The molecule has 0 radical (unpaired) electrons. The number of nitrogens with zero attached hydrogens (tertiary/aromatic N) is 2. The number of carbonyl (C=O) groups excluding carboxylic acids is 3. The largest absolute Gasteiger partial charge is 0.352 e. The molecule has 0 aromatic heterocycles. The summed E-state index contributed by atoms with van der Waals surface area (Å²) in [6.45, 7) is 5.49. The van der Waals surface area contributed by atoms with Crippen LogP contribution in [-0.2, 0) is 26.2 Å². The van der Waals surface area contributed by atoms with Gasteiger partial charge in [0.25, 0.3) is 15.9 Å². The molecule has 2 atom stereocenters. The van der Waals surface area contributed by atoms with E-state index in [0.29, 0.717) is 22.0 Å². The molecular weight excluding hydrogens is 537 g/mol. The van der Waals surface area contributed by atoms with Gasteiger partial charge in [0.15, 0.2) is 0 Å². The fourth-order valence-electron chi connectivity index (χ4n) is 4.18. The summed E-state index contributed by atoms with van der Waals surface area (Å²) in [5.41, 5.74) is 0.637. The number of sulfonamides is 1. The van der Waals surface area contributed by atoms with E-state index in [9.17, 15) is 22.8 Å². The molecule has 11 heteroatoms. The lowest BCUT2D eigenvalue weighted by Gasteiger charge is -2.32. The lowest BCUT2D eigenvalue weighted by molar-refractivity contribution is -0.141. The smallest absolute Gasteiger partial charge is 0.269 e. The van der Waals surface area contributed by atoms with Crippen LogP contribution >= 0.6 is 23.2 Å². The van der Waals surface area contributed by atoms with Crippen molar-refractivity contribution in [3.05, 3.63) is 63.6 Å². The van der Waals surface area contributed by atoms with E-state index < -0.39 is 22.0 Å². The third kappa shape index (κ3) is 6.27. The molecule has 0 fully saturated rings. The number of fused-ring (bicyclic) bond motifs is 1. The highest BCUT2D eigenvalue weighted by Gasteiger charge is 2.40. The molecule has 200 valence electrons. The Kier molecular flexibility index (Phi) is 9.61. The molecule has 0 unspecified atom stereocenters. The van der Waals surface area contributed by atoms with Crippen LogP contribution < -0.4 is 5.32 Å². The third-order valence-electron chi connectivity index (χ3n) is 6.44. The average Bonchev–Trinajstić information content (AvgIpc) is 3.06. The Morgan fingerprint density at radius 1 is 1.03 bits per heavy atom. The Morgan fingerprint density at radius 3 is 2.27 bits per heavy atom. The van der Waals surface area contributed by atoms with Gasteiger partial charge in [0.2, 0.25) is 11.8 Å². The molecule has 1 heterocycles. The summed E-state index contributed by atoms with van der Waals surface area (Å²) in [4.78, 5) is 40.6. The van der Waals surface area contributed by atoms with Crippen LogP contribution in [0.3, 0.4) is 0 Å². The molecule has 0 saturated carbocycles. The summed E-state index contributed by atoms with van der Waals surface area (Å²) in [5.74, 6) is -1.27. The van der Waals surface area contributed by atoms with Crippen molar-refractivity contribution in [2.45, 2.75) is 70.0 Å². The Hall–Kier alpha value is -2.62. The third-order valence-corrected chi connectivity index (χ3v) is 8.99. The quantitative estimate of drug-likeness (QED) is 0.426. The van der Waals surface area contributed by atoms with Crippen molar-refractivity contribution in [3.8, 4) is 0 Å². The van der Waals surface area contributed by atoms with Gasteiger partial charge < -0.3 is 10.2 Å². The molecule has 8 nitrogen and oxygen atoms in total. The molecule has 1 aliphatic rings. The minimum absolute atomic E-state index is 0.0101. The van der Waals surface area contributed by atoms with Gasteiger partial charge in [0.05, 0.1) is 5.56 Å². The molecule has 3 rings (SSSR count). The zero-order chi connectivity index (χ0) is 27.3. The number of rotatable bonds is 11. The Labute approximate surface area is 228 Å². The van der Waals surface area contributed by atoms with Crippen molar-refractivity contribution >= 4 is 50.9 Å². The van der Waals surface area contributed by atoms with Gasteiger partial charge in [-0.05, 0) is 50.5 Å². The summed E-state index contributed by atoms with van der Waals surface area (Å²) in [5, 5.41) is 3.67.